The van der Waals surface area contributed by atoms with E-state index in [-0.39, 0.29) is 24.8 Å². The van der Waals surface area contributed by atoms with Gasteiger partial charge in [0, 0.05) is 31.3 Å². The molecule has 2 aliphatic heterocycles. The summed E-state index contributed by atoms with van der Waals surface area (Å²) in [5.74, 6) is -0.879. The van der Waals surface area contributed by atoms with Gasteiger partial charge in [-0.15, -0.1) is 0 Å². The summed E-state index contributed by atoms with van der Waals surface area (Å²) in [7, 11) is 3.05. The summed E-state index contributed by atoms with van der Waals surface area (Å²) >= 11 is 0. The molecule has 2 atom stereocenters. The Morgan fingerprint density at radius 2 is 1.89 bits per heavy atom. The lowest BCUT2D eigenvalue weighted by molar-refractivity contribution is -0.153. The van der Waals surface area contributed by atoms with Gasteiger partial charge < -0.3 is 24.4 Å². The number of nitrogens with zero attached hydrogens (tertiary/aromatic N) is 2. The van der Waals surface area contributed by atoms with Crippen molar-refractivity contribution in [3.05, 3.63) is 18.2 Å². The summed E-state index contributed by atoms with van der Waals surface area (Å²) in [6.45, 7) is 0.660. The SMILES string of the molecule is COc1ccc(N2C[C@H](C(=O)N3CCCC[C@H]3C(=O)O)CC2=O)cc1OC. The van der Waals surface area contributed by atoms with Crippen LogP contribution in [0.5, 0.6) is 11.5 Å². The van der Waals surface area contributed by atoms with Gasteiger partial charge in [-0.2, -0.15) is 0 Å². The number of likely N-dealkylation sites (tertiary alicyclic amines) is 1. The Bertz CT molecular complexity index is 750. The van der Waals surface area contributed by atoms with Gasteiger partial charge in [0.15, 0.2) is 11.5 Å². The number of aliphatic carboxylic acids is 1. The van der Waals surface area contributed by atoms with E-state index in [0.717, 1.165) is 12.8 Å². The first-order valence-corrected chi connectivity index (χ1v) is 9.02. The lowest BCUT2D eigenvalue weighted by Gasteiger charge is -2.34. The average molecular weight is 376 g/mol. The Kier molecular flexibility index (Phi) is 5.53. The lowest BCUT2D eigenvalue weighted by Crippen LogP contribution is -2.50. The van der Waals surface area contributed by atoms with Gasteiger partial charge >= 0.3 is 5.97 Å². The van der Waals surface area contributed by atoms with Crippen LogP contribution < -0.4 is 14.4 Å². The van der Waals surface area contributed by atoms with E-state index in [9.17, 15) is 19.5 Å². The fourth-order valence-electron chi connectivity index (χ4n) is 3.80. The maximum absolute atomic E-state index is 12.9. The summed E-state index contributed by atoms with van der Waals surface area (Å²) in [6, 6.07) is 4.36. The third kappa shape index (κ3) is 3.70. The topological polar surface area (TPSA) is 96.4 Å². The Morgan fingerprint density at radius 3 is 2.56 bits per heavy atom. The predicted molar refractivity (Wildman–Crippen MR) is 97.0 cm³/mol. The number of carbonyl (C=O) groups is 3. The van der Waals surface area contributed by atoms with Crippen molar-refractivity contribution in [3.63, 3.8) is 0 Å². The fourth-order valence-corrected chi connectivity index (χ4v) is 3.80. The zero-order chi connectivity index (χ0) is 19.6. The number of ether oxygens (including phenoxy) is 2. The number of carboxylic acids is 1. The quantitative estimate of drug-likeness (QED) is 0.837. The Balaban J connectivity index is 1.77. The zero-order valence-electron chi connectivity index (χ0n) is 15.5. The first-order chi connectivity index (χ1) is 13.0. The van der Waals surface area contributed by atoms with Crippen LogP contribution in [-0.4, -0.2) is 61.1 Å². The smallest absolute Gasteiger partial charge is 0.326 e. The Hall–Kier alpha value is -2.77. The zero-order valence-corrected chi connectivity index (χ0v) is 15.5. The number of hydrogen-bond donors (Lipinski definition) is 1. The molecule has 2 aliphatic rings. The molecule has 2 amide bonds. The fraction of sp³-hybridized carbons (Fsp3) is 0.526. The van der Waals surface area contributed by atoms with E-state index in [0.29, 0.717) is 30.2 Å². The number of piperidine rings is 1. The van der Waals surface area contributed by atoms with Gasteiger partial charge in [0.2, 0.25) is 11.8 Å². The van der Waals surface area contributed by atoms with E-state index in [2.05, 4.69) is 0 Å². The Morgan fingerprint density at radius 1 is 1.15 bits per heavy atom. The summed E-state index contributed by atoms with van der Waals surface area (Å²) in [5.41, 5.74) is 0.626. The van der Waals surface area contributed by atoms with Crippen molar-refractivity contribution in [1.29, 1.82) is 0 Å². The van der Waals surface area contributed by atoms with Crippen LogP contribution in [0.4, 0.5) is 5.69 Å². The molecule has 0 spiro atoms. The van der Waals surface area contributed by atoms with Gasteiger partial charge in [-0.25, -0.2) is 4.79 Å². The number of carboxylic acid groups (broad SMARTS) is 1. The van der Waals surface area contributed by atoms with Crippen LogP contribution in [0, 0.1) is 5.92 Å². The number of methoxy groups -OCH3 is 2. The highest BCUT2D eigenvalue weighted by Gasteiger charge is 2.41. The molecule has 3 rings (SSSR count). The summed E-state index contributed by atoms with van der Waals surface area (Å²) < 4.78 is 10.5. The van der Waals surface area contributed by atoms with E-state index in [1.165, 1.54) is 19.1 Å². The summed E-state index contributed by atoms with van der Waals surface area (Å²) in [6.07, 6.45) is 2.12. The molecule has 0 unspecified atom stereocenters. The van der Waals surface area contributed by atoms with Crippen molar-refractivity contribution in [3.8, 4) is 11.5 Å². The third-order valence-corrected chi connectivity index (χ3v) is 5.22. The molecular weight excluding hydrogens is 352 g/mol. The Labute approximate surface area is 157 Å². The first-order valence-electron chi connectivity index (χ1n) is 9.02. The summed E-state index contributed by atoms with van der Waals surface area (Å²) in [4.78, 5) is 39.9. The van der Waals surface area contributed by atoms with E-state index in [1.54, 1.807) is 23.1 Å². The highest BCUT2D eigenvalue weighted by atomic mass is 16.5. The highest BCUT2D eigenvalue weighted by Crippen LogP contribution is 2.34. The standard InChI is InChI=1S/C19H24N2O6/c1-26-15-7-6-13(10-16(15)27-2)21-11-12(9-17(21)22)18(23)20-8-4-3-5-14(20)19(24)25/h6-7,10,12,14H,3-5,8-9,11H2,1-2H3,(H,24,25)/t12-,14+/m1/s1. The number of benzene rings is 1. The molecule has 0 aromatic heterocycles. The minimum Gasteiger partial charge on any atom is -0.493 e. The molecule has 2 saturated heterocycles. The maximum Gasteiger partial charge on any atom is 0.326 e. The van der Waals surface area contributed by atoms with Crippen LogP contribution in [-0.2, 0) is 14.4 Å². The number of carbonyl (C=O) groups excluding carboxylic acids is 2. The second kappa shape index (κ2) is 7.85. The van der Waals surface area contributed by atoms with Crippen LogP contribution in [0.25, 0.3) is 0 Å². The van der Waals surface area contributed by atoms with Gasteiger partial charge in [0.05, 0.1) is 20.1 Å². The van der Waals surface area contributed by atoms with E-state index >= 15 is 0 Å². The molecule has 0 saturated carbocycles. The van der Waals surface area contributed by atoms with Crippen molar-refractivity contribution in [1.82, 2.24) is 4.90 Å². The average Bonchev–Trinajstić information content (AvgIpc) is 3.08. The molecule has 1 aromatic rings. The minimum absolute atomic E-state index is 0.0794. The molecule has 27 heavy (non-hydrogen) atoms. The number of amides is 2. The molecule has 8 nitrogen and oxygen atoms in total. The molecule has 8 heteroatoms. The van der Waals surface area contributed by atoms with Gasteiger partial charge in [-0.1, -0.05) is 0 Å². The van der Waals surface area contributed by atoms with Crippen molar-refractivity contribution in [2.45, 2.75) is 31.7 Å². The number of hydrogen-bond acceptors (Lipinski definition) is 5. The normalized spacial score (nSPS) is 22.7. The molecule has 1 N–H and O–H groups in total. The van der Waals surface area contributed by atoms with Crippen molar-refractivity contribution in [2.24, 2.45) is 5.92 Å². The number of rotatable bonds is 5. The molecule has 2 fully saturated rings. The van der Waals surface area contributed by atoms with Crippen LogP contribution in [0.2, 0.25) is 0 Å². The van der Waals surface area contributed by atoms with Crippen molar-refractivity contribution in [2.75, 3.05) is 32.2 Å². The molecule has 146 valence electrons. The highest BCUT2D eigenvalue weighted by molar-refractivity contribution is 6.01. The molecule has 0 aliphatic carbocycles. The predicted octanol–water partition coefficient (Wildman–Crippen LogP) is 1.52. The van der Waals surface area contributed by atoms with Crippen LogP contribution in [0.1, 0.15) is 25.7 Å². The van der Waals surface area contributed by atoms with Crippen molar-refractivity contribution < 1.29 is 29.0 Å². The monoisotopic (exact) mass is 376 g/mol. The van der Waals surface area contributed by atoms with Gasteiger partial charge in [0.1, 0.15) is 6.04 Å². The lowest BCUT2D eigenvalue weighted by atomic mass is 9.98. The van der Waals surface area contributed by atoms with Gasteiger partial charge in [0.25, 0.3) is 0 Å². The largest absolute Gasteiger partial charge is 0.493 e. The molecule has 1 aromatic carbocycles. The second-order valence-corrected chi connectivity index (χ2v) is 6.83. The molecule has 0 bridgehead atoms. The molecule has 2 heterocycles. The minimum atomic E-state index is -0.982. The van der Waals surface area contributed by atoms with Crippen LogP contribution >= 0.6 is 0 Å². The van der Waals surface area contributed by atoms with Crippen LogP contribution in [0.3, 0.4) is 0 Å². The maximum atomic E-state index is 12.9. The molecular formula is C19H24N2O6. The van der Waals surface area contributed by atoms with E-state index in [4.69, 9.17) is 9.47 Å². The first kappa shape index (κ1) is 19.0. The number of anilines is 1. The second-order valence-electron chi connectivity index (χ2n) is 6.83. The van der Waals surface area contributed by atoms with E-state index < -0.39 is 17.9 Å². The van der Waals surface area contributed by atoms with Gasteiger partial charge in [-0.05, 0) is 31.4 Å². The third-order valence-electron chi connectivity index (χ3n) is 5.22. The van der Waals surface area contributed by atoms with E-state index in [1.807, 2.05) is 0 Å². The summed E-state index contributed by atoms with van der Waals surface area (Å²) in [5, 5.41) is 9.39. The van der Waals surface area contributed by atoms with Crippen LogP contribution in [0.15, 0.2) is 18.2 Å². The van der Waals surface area contributed by atoms with Gasteiger partial charge in [-0.3, -0.25) is 9.59 Å². The van der Waals surface area contributed by atoms with Crippen molar-refractivity contribution >= 4 is 23.5 Å². The molecule has 0 radical (unpaired) electrons.